The molecule has 1 rings (SSSR count). The van der Waals surface area contributed by atoms with Crippen LogP contribution in [0.25, 0.3) is 0 Å². The van der Waals surface area contributed by atoms with Gasteiger partial charge in [-0.2, -0.15) is 0 Å². The number of carbonyl (C=O) groups excluding carboxylic acids is 1. The number of amides is 2. The molecule has 0 atom stereocenters. The lowest BCUT2D eigenvalue weighted by Crippen LogP contribution is -2.33. The zero-order chi connectivity index (χ0) is 10.6. The first-order valence-corrected chi connectivity index (χ1v) is 4.48. The number of hydrogen-bond donors (Lipinski definition) is 1. The monoisotopic (exact) mass is 216 g/mol. The molecular weight excluding hydrogens is 207 g/mol. The van der Waals surface area contributed by atoms with Gasteiger partial charge in [-0.3, -0.25) is 0 Å². The van der Waals surface area contributed by atoms with Gasteiger partial charge < -0.3 is 5.32 Å². The van der Waals surface area contributed by atoms with Crippen LogP contribution in [0.2, 0.25) is 0 Å². The van der Waals surface area contributed by atoms with Crippen LogP contribution in [0.15, 0.2) is 24.3 Å². The fraction of sp³-hybridized carbons (Fsp3) is 0.222. The molecule has 14 heavy (non-hydrogen) atoms. The Hall–Kier alpha value is -1.29. The Kier molecular flexibility index (Phi) is 3.71. The van der Waals surface area contributed by atoms with Gasteiger partial charge in [-0.1, -0.05) is 0 Å². The van der Waals surface area contributed by atoms with Crippen LogP contribution in [0.3, 0.4) is 0 Å². The van der Waals surface area contributed by atoms with Crippen LogP contribution in [0.5, 0.6) is 0 Å². The smallest absolute Gasteiger partial charge is 0.336 e. The van der Waals surface area contributed by atoms with Crippen LogP contribution in [-0.2, 0) is 0 Å². The lowest BCUT2D eigenvalue weighted by Gasteiger charge is -2.13. The summed E-state index contributed by atoms with van der Waals surface area (Å²) in [6.07, 6.45) is 0. The van der Waals surface area contributed by atoms with Gasteiger partial charge in [0.05, 0.1) is 5.69 Å². The topological polar surface area (TPSA) is 32.3 Å². The van der Waals surface area contributed by atoms with Crippen LogP contribution >= 0.6 is 11.8 Å². The Labute approximate surface area is 86.6 Å². The molecular formula is C9H10ClFN2O. The second-order valence-electron chi connectivity index (χ2n) is 2.59. The summed E-state index contributed by atoms with van der Waals surface area (Å²) in [5, 5.41) is 2.52. The predicted octanol–water partition coefficient (Wildman–Crippen LogP) is 2.52. The highest BCUT2D eigenvalue weighted by Crippen LogP contribution is 2.16. The van der Waals surface area contributed by atoms with Gasteiger partial charge >= 0.3 is 6.03 Å². The summed E-state index contributed by atoms with van der Waals surface area (Å²) in [5.41, 5.74) is 0.430. The number of nitrogens with one attached hydrogen (secondary N) is 1. The molecule has 0 aromatic heterocycles. The van der Waals surface area contributed by atoms with Gasteiger partial charge in [-0.15, -0.1) is 0 Å². The number of nitrogens with zero attached hydrogens (tertiary/aromatic N) is 1. The number of anilines is 1. The number of urea groups is 1. The van der Waals surface area contributed by atoms with Gasteiger partial charge in [0.1, 0.15) is 5.82 Å². The molecule has 0 aliphatic rings. The van der Waals surface area contributed by atoms with Gasteiger partial charge in [0.2, 0.25) is 0 Å². The van der Waals surface area contributed by atoms with Gasteiger partial charge in [0, 0.05) is 18.3 Å². The third-order valence-corrected chi connectivity index (χ3v) is 1.91. The highest BCUT2D eigenvalue weighted by atomic mass is 35.5. The van der Waals surface area contributed by atoms with Gasteiger partial charge in [0.25, 0.3) is 0 Å². The summed E-state index contributed by atoms with van der Waals surface area (Å²) in [4.78, 5) is 11.2. The minimum atomic E-state index is -0.430. The van der Waals surface area contributed by atoms with E-state index in [-0.39, 0.29) is 5.82 Å². The minimum Gasteiger partial charge on any atom is -0.337 e. The summed E-state index contributed by atoms with van der Waals surface area (Å²) in [5.74, 6) is -0.366. The summed E-state index contributed by atoms with van der Waals surface area (Å²) in [6.45, 7) is 2.27. The second-order valence-corrected chi connectivity index (χ2v) is 2.93. The van der Waals surface area contributed by atoms with Crippen LogP contribution in [0.4, 0.5) is 14.9 Å². The van der Waals surface area contributed by atoms with Gasteiger partial charge in [-0.05, 0) is 31.2 Å². The van der Waals surface area contributed by atoms with E-state index in [0.29, 0.717) is 12.2 Å². The Balaban J connectivity index is 2.73. The SMILES string of the molecule is CCNC(=O)N(Cl)c1ccc(F)cc1. The number of carbonyl (C=O) groups is 1. The molecule has 2 amide bonds. The quantitative estimate of drug-likeness (QED) is 0.757. The van der Waals surface area contributed by atoms with Crippen molar-refractivity contribution in [1.82, 2.24) is 5.32 Å². The van der Waals surface area contributed by atoms with Crippen molar-refractivity contribution in [2.45, 2.75) is 6.92 Å². The average Bonchev–Trinajstić information content (AvgIpc) is 2.18. The Bertz CT molecular complexity index is 315. The molecule has 0 saturated carbocycles. The number of halogens is 2. The number of benzene rings is 1. The van der Waals surface area contributed by atoms with Crippen molar-refractivity contribution in [3.8, 4) is 0 Å². The lowest BCUT2D eigenvalue weighted by molar-refractivity contribution is 0.250. The highest BCUT2D eigenvalue weighted by Gasteiger charge is 2.11. The molecule has 0 radical (unpaired) electrons. The first-order valence-electron chi connectivity index (χ1n) is 4.14. The highest BCUT2D eigenvalue weighted by molar-refractivity contribution is 6.36. The van der Waals surface area contributed by atoms with E-state index >= 15 is 0 Å². The zero-order valence-electron chi connectivity index (χ0n) is 7.63. The molecule has 76 valence electrons. The Morgan fingerprint density at radius 2 is 2.07 bits per heavy atom. The van der Waals surface area contributed by atoms with Crippen molar-refractivity contribution in [2.75, 3.05) is 11.0 Å². The maximum atomic E-state index is 12.5. The fourth-order valence-corrected chi connectivity index (χ4v) is 1.08. The third-order valence-electron chi connectivity index (χ3n) is 1.56. The summed E-state index contributed by atoms with van der Waals surface area (Å²) in [7, 11) is 0. The molecule has 0 fully saturated rings. The molecule has 3 nitrogen and oxygen atoms in total. The van der Waals surface area contributed by atoms with Crippen LogP contribution in [0, 0.1) is 5.82 Å². The van der Waals surface area contributed by atoms with E-state index in [9.17, 15) is 9.18 Å². The molecule has 1 N–H and O–H groups in total. The Morgan fingerprint density at radius 3 is 2.57 bits per heavy atom. The van der Waals surface area contributed by atoms with Crippen molar-refractivity contribution in [3.05, 3.63) is 30.1 Å². The second kappa shape index (κ2) is 4.81. The molecule has 1 aromatic carbocycles. The van der Waals surface area contributed by atoms with E-state index < -0.39 is 6.03 Å². The van der Waals surface area contributed by atoms with E-state index in [4.69, 9.17) is 11.8 Å². The molecule has 1 aromatic rings. The van der Waals surface area contributed by atoms with Crippen molar-refractivity contribution in [1.29, 1.82) is 0 Å². The summed E-state index contributed by atoms with van der Waals surface area (Å²) < 4.78 is 13.4. The van der Waals surface area contributed by atoms with Crippen molar-refractivity contribution < 1.29 is 9.18 Å². The van der Waals surface area contributed by atoms with Crippen LogP contribution < -0.4 is 9.74 Å². The van der Waals surface area contributed by atoms with E-state index in [1.807, 2.05) is 0 Å². The standard InChI is InChI=1S/C9H10ClFN2O/c1-2-12-9(14)13(10)8-5-3-7(11)4-6-8/h3-6H,2H2,1H3,(H,12,14). The number of hydrogen-bond acceptors (Lipinski definition) is 1. The van der Waals surface area contributed by atoms with E-state index in [1.165, 1.54) is 24.3 Å². The third kappa shape index (κ3) is 2.60. The molecule has 0 bridgehead atoms. The molecule has 0 aliphatic carbocycles. The number of rotatable bonds is 2. The minimum absolute atomic E-state index is 0.366. The van der Waals surface area contributed by atoms with Gasteiger partial charge in [-0.25, -0.2) is 13.6 Å². The molecule has 0 unspecified atom stereocenters. The molecule has 0 heterocycles. The van der Waals surface area contributed by atoms with Crippen molar-refractivity contribution >= 4 is 23.5 Å². The predicted molar refractivity (Wildman–Crippen MR) is 53.8 cm³/mol. The Morgan fingerprint density at radius 1 is 1.50 bits per heavy atom. The van der Waals surface area contributed by atoms with E-state index in [1.54, 1.807) is 6.92 Å². The summed E-state index contributed by atoms with van der Waals surface area (Å²) in [6, 6.07) is 4.91. The maximum absolute atomic E-state index is 12.5. The molecule has 0 saturated heterocycles. The molecule has 5 heteroatoms. The van der Waals surface area contributed by atoms with E-state index in [0.717, 1.165) is 4.42 Å². The fourth-order valence-electron chi connectivity index (χ4n) is 0.910. The zero-order valence-corrected chi connectivity index (χ0v) is 8.38. The molecule has 0 spiro atoms. The van der Waals surface area contributed by atoms with Gasteiger partial charge in [0.15, 0.2) is 0 Å². The van der Waals surface area contributed by atoms with Crippen LogP contribution in [-0.4, -0.2) is 12.6 Å². The largest absolute Gasteiger partial charge is 0.337 e. The average molecular weight is 217 g/mol. The normalized spacial score (nSPS) is 9.64. The first-order chi connectivity index (χ1) is 6.65. The van der Waals surface area contributed by atoms with Crippen molar-refractivity contribution in [3.63, 3.8) is 0 Å². The first kappa shape index (κ1) is 10.8. The lowest BCUT2D eigenvalue weighted by atomic mass is 10.3. The van der Waals surface area contributed by atoms with E-state index in [2.05, 4.69) is 5.32 Å². The summed E-state index contributed by atoms with van der Waals surface area (Å²) >= 11 is 5.69. The molecule has 0 aliphatic heterocycles. The maximum Gasteiger partial charge on any atom is 0.336 e. The van der Waals surface area contributed by atoms with Crippen LogP contribution in [0.1, 0.15) is 6.92 Å². The van der Waals surface area contributed by atoms with Crippen molar-refractivity contribution in [2.24, 2.45) is 0 Å².